The van der Waals surface area contributed by atoms with Crippen molar-refractivity contribution in [2.75, 3.05) is 13.2 Å². The molecule has 0 aromatic carbocycles. The number of esters is 1. The van der Waals surface area contributed by atoms with E-state index in [0.29, 0.717) is 19.6 Å². The van der Waals surface area contributed by atoms with Crippen molar-refractivity contribution in [2.45, 2.75) is 289 Å². The van der Waals surface area contributed by atoms with E-state index in [0.717, 1.165) is 25.7 Å². The van der Waals surface area contributed by atoms with Crippen LogP contribution in [0.5, 0.6) is 0 Å². The largest absolute Gasteiger partial charge is 0.466 e. The number of carbonyl (C=O) groups excluding carboxylic acids is 1. The van der Waals surface area contributed by atoms with Crippen molar-refractivity contribution in [1.82, 2.24) is 0 Å². The van der Waals surface area contributed by atoms with Crippen LogP contribution < -0.4 is 0 Å². The van der Waals surface area contributed by atoms with Crippen LogP contribution in [0.2, 0.25) is 0 Å². The molecule has 0 aromatic heterocycles. The molecule has 0 aromatic rings. The van der Waals surface area contributed by atoms with Gasteiger partial charge in [0.15, 0.2) is 0 Å². The number of ether oxygens (including phenoxy) is 1. The molecule has 3 nitrogen and oxygen atoms in total. The highest BCUT2D eigenvalue weighted by atomic mass is 16.5. The van der Waals surface area contributed by atoms with Gasteiger partial charge in [-0.25, -0.2) is 0 Å². The molecule has 0 aliphatic rings. The highest BCUT2D eigenvalue weighted by molar-refractivity contribution is 5.69. The van der Waals surface area contributed by atoms with Crippen LogP contribution in [0.3, 0.4) is 0 Å². The van der Waals surface area contributed by atoms with Gasteiger partial charge in [0.2, 0.25) is 0 Å². The second-order valence-corrected chi connectivity index (χ2v) is 16.9. The summed E-state index contributed by atoms with van der Waals surface area (Å²) in [6.45, 7) is 3.26. The zero-order valence-electron chi connectivity index (χ0n) is 36.4. The van der Waals surface area contributed by atoms with E-state index < -0.39 is 0 Å². The first kappa shape index (κ1) is 52.2. The van der Waals surface area contributed by atoms with Gasteiger partial charge in [0.25, 0.3) is 0 Å². The molecular weight excluding hydrogens is 649 g/mol. The third kappa shape index (κ3) is 49.2. The summed E-state index contributed by atoms with van der Waals surface area (Å²) in [6.07, 6.45) is 63.6. The summed E-state index contributed by atoms with van der Waals surface area (Å²) < 4.78 is 5.47. The summed E-state index contributed by atoms with van der Waals surface area (Å²) in [7, 11) is 0. The van der Waals surface area contributed by atoms with Crippen LogP contribution in [0, 0.1) is 0 Å². The summed E-state index contributed by atoms with van der Waals surface area (Å²) in [5.41, 5.74) is 0. The Bertz CT molecular complexity index is 688. The minimum atomic E-state index is 0.0174. The van der Waals surface area contributed by atoms with Crippen LogP contribution >= 0.6 is 0 Å². The smallest absolute Gasteiger partial charge is 0.305 e. The molecule has 0 aliphatic heterocycles. The summed E-state index contributed by atoms with van der Waals surface area (Å²) in [5.74, 6) is 0.0174. The average molecular weight is 747 g/mol. The summed E-state index contributed by atoms with van der Waals surface area (Å²) in [4.78, 5) is 12.0. The second kappa shape index (κ2) is 49.2. The molecule has 0 amide bonds. The average Bonchev–Trinajstić information content (AvgIpc) is 3.16. The summed E-state index contributed by atoms with van der Waals surface area (Å²) in [6, 6.07) is 0. The fourth-order valence-electron chi connectivity index (χ4n) is 7.76. The van der Waals surface area contributed by atoms with Gasteiger partial charge in [-0.2, -0.15) is 0 Å². The van der Waals surface area contributed by atoms with Gasteiger partial charge in [0, 0.05) is 13.0 Å². The zero-order chi connectivity index (χ0) is 38.2. The van der Waals surface area contributed by atoms with E-state index >= 15 is 0 Å². The van der Waals surface area contributed by atoms with Crippen molar-refractivity contribution in [3.05, 3.63) is 12.2 Å². The zero-order valence-corrected chi connectivity index (χ0v) is 36.4. The standard InChI is InChI=1S/C50H98O3/c1-2-3-4-5-6-7-8-29-32-35-38-41-44-47-50(52)53-49-46-43-40-37-34-31-28-26-24-22-20-18-16-14-12-10-9-11-13-15-17-19-21-23-25-27-30-33-36-39-42-45-48-51/h7-8,51H,2-6,9-49H2,1H3/b8-7-. The lowest BCUT2D eigenvalue weighted by Gasteiger charge is -2.06. The van der Waals surface area contributed by atoms with Crippen molar-refractivity contribution in [3.8, 4) is 0 Å². The van der Waals surface area contributed by atoms with Gasteiger partial charge in [0.1, 0.15) is 0 Å². The molecule has 0 fully saturated rings. The number of aliphatic hydroxyl groups is 1. The molecule has 0 spiro atoms. The number of hydrogen-bond acceptors (Lipinski definition) is 3. The Morgan fingerprint density at radius 1 is 0.358 bits per heavy atom. The van der Waals surface area contributed by atoms with Gasteiger partial charge < -0.3 is 9.84 Å². The fraction of sp³-hybridized carbons (Fsp3) is 0.940. The molecule has 0 unspecified atom stereocenters. The van der Waals surface area contributed by atoms with Crippen molar-refractivity contribution >= 4 is 5.97 Å². The van der Waals surface area contributed by atoms with Gasteiger partial charge in [-0.1, -0.05) is 250 Å². The van der Waals surface area contributed by atoms with Gasteiger partial charge in [0.05, 0.1) is 6.61 Å². The molecule has 0 rings (SSSR count). The highest BCUT2D eigenvalue weighted by Gasteiger charge is 2.03. The maximum Gasteiger partial charge on any atom is 0.305 e. The van der Waals surface area contributed by atoms with E-state index in [1.165, 1.54) is 250 Å². The SMILES string of the molecule is CCCCCC/C=C\CCCCCCCC(=O)OCCCCCCCCCCCCCCCCCCCCCCCCCCCCCCCCCCO. The fourth-order valence-corrected chi connectivity index (χ4v) is 7.76. The topological polar surface area (TPSA) is 46.5 Å². The maximum atomic E-state index is 12.0. The third-order valence-corrected chi connectivity index (χ3v) is 11.5. The molecule has 53 heavy (non-hydrogen) atoms. The molecule has 0 heterocycles. The van der Waals surface area contributed by atoms with Crippen LogP contribution in [-0.2, 0) is 9.53 Å². The molecule has 0 bridgehead atoms. The second-order valence-electron chi connectivity index (χ2n) is 16.9. The van der Waals surface area contributed by atoms with Crippen molar-refractivity contribution in [3.63, 3.8) is 0 Å². The van der Waals surface area contributed by atoms with Gasteiger partial charge in [-0.05, 0) is 44.9 Å². The first-order valence-electron chi connectivity index (χ1n) is 24.7. The van der Waals surface area contributed by atoms with Crippen LogP contribution in [0.4, 0.5) is 0 Å². The number of rotatable bonds is 47. The summed E-state index contributed by atoms with van der Waals surface area (Å²) >= 11 is 0. The lowest BCUT2D eigenvalue weighted by atomic mass is 10.0. The van der Waals surface area contributed by atoms with E-state index in [1.54, 1.807) is 0 Å². The van der Waals surface area contributed by atoms with E-state index in [9.17, 15) is 4.79 Å². The normalized spacial score (nSPS) is 11.7. The Morgan fingerprint density at radius 2 is 0.623 bits per heavy atom. The van der Waals surface area contributed by atoms with Gasteiger partial charge in [-0.3, -0.25) is 4.79 Å². The number of unbranched alkanes of at least 4 members (excludes halogenated alkanes) is 40. The van der Waals surface area contributed by atoms with E-state index in [1.807, 2.05) is 0 Å². The van der Waals surface area contributed by atoms with Crippen LogP contribution in [0.15, 0.2) is 12.2 Å². The molecule has 316 valence electrons. The minimum Gasteiger partial charge on any atom is -0.466 e. The number of aliphatic hydroxyl groups excluding tert-OH is 1. The minimum absolute atomic E-state index is 0.0174. The van der Waals surface area contributed by atoms with Crippen LogP contribution in [0.25, 0.3) is 0 Å². The number of allylic oxidation sites excluding steroid dienone is 2. The molecule has 0 saturated carbocycles. The Labute approximate surface area is 334 Å². The predicted octanol–water partition coefficient (Wildman–Crippen LogP) is 17.3. The Kier molecular flexibility index (Phi) is 48.4. The number of carbonyl (C=O) groups is 1. The van der Waals surface area contributed by atoms with E-state index in [-0.39, 0.29) is 5.97 Å². The van der Waals surface area contributed by atoms with Gasteiger partial charge >= 0.3 is 5.97 Å². The van der Waals surface area contributed by atoms with Crippen molar-refractivity contribution in [1.29, 1.82) is 0 Å². The Morgan fingerprint density at radius 3 is 0.943 bits per heavy atom. The van der Waals surface area contributed by atoms with Crippen LogP contribution in [0.1, 0.15) is 289 Å². The first-order valence-corrected chi connectivity index (χ1v) is 24.7. The highest BCUT2D eigenvalue weighted by Crippen LogP contribution is 2.17. The summed E-state index contributed by atoms with van der Waals surface area (Å²) in [5, 5.41) is 8.81. The molecule has 0 aliphatic carbocycles. The first-order chi connectivity index (χ1) is 26.3. The Balaban J connectivity index is 3.14. The van der Waals surface area contributed by atoms with Crippen molar-refractivity contribution < 1.29 is 14.6 Å². The van der Waals surface area contributed by atoms with E-state index in [2.05, 4.69) is 19.1 Å². The monoisotopic (exact) mass is 747 g/mol. The van der Waals surface area contributed by atoms with E-state index in [4.69, 9.17) is 9.84 Å². The molecule has 0 radical (unpaired) electrons. The molecule has 1 N–H and O–H groups in total. The molecule has 0 saturated heterocycles. The number of hydrogen-bond donors (Lipinski definition) is 1. The predicted molar refractivity (Wildman–Crippen MR) is 236 cm³/mol. The van der Waals surface area contributed by atoms with Crippen LogP contribution in [-0.4, -0.2) is 24.3 Å². The lowest BCUT2D eigenvalue weighted by Crippen LogP contribution is -2.05. The van der Waals surface area contributed by atoms with Crippen molar-refractivity contribution in [2.24, 2.45) is 0 Å². The quantitative estimate of drug-likeness (QED) is 0.0383. The third-order valence-electron chi connectivity index (χ3n) is 11.5. The lowest BCUT2D eigenvalue weighted by molar-refractivity contribution is -0.143. The Hall–Kier alpha value is -0.830. The molecule has 0 atom stereocenters. The molecular formula is C50H98O3. The maximum absolute atomic E-state index is 12.0. The molecule has 3 heteroatoms. The van der Waals surface area contributed by atoms with Gasteiger partial charge in [-0.15, -0.1) is 0 Å².